The highest BCUT2D eigenvalue weighted by atomic mass is 35.5. The van der Waals surface area contributed by atoms with Crippen LogP contribution in [-0.4, -0.2) is 25.0 Å². The van der Waals surface area contributed by atoms with E-state index in [2.05, 4.69) is 29.5 Å². The van der Waals surface area contributed by atoms with Crippen molar-refractivity contribution in [2.45, 2.75) is 25.2 Å². The third kappa shape index (κ3) is 4.06. The van der Waals surface area contributed by atoms with E-state index >= 15 is 0 Å². The summed E-state index contributed by atoms with van der Waals surface area (Å²) in [5.41, 5.74) is 2.57. The van der Waals surface area contributed by atoms with E-state index in [4.69, 9.17) is 0 Å². The molecule has 21 heavy (non-hydrogen) atoms. The van der Waals surface area contributed by atoms with E-state index in [1.54, 1.807) is 12.1 Å². The van der Waals surface area contributed by atoms with Crippen molar-refractivity contribution >= 4 is 23.7 Å². The second-order valence-corrected chi connectivity index (χ2v) is 6.70. The smallest absolute Gasteiger partial charge is 0.123 e. The fraction of sp³-hybridized carbons (Fsp3) is 0.412. The van der Waals surface area contributed by atoms with Crippen LogP contribution in [-0.2, 0) is 12.8 Å². The highest BCUT2D eigenvalue weighted by Crippen LogP contribution is 2.33. The molecule has 1 aliphatic carbocycles. The molecule has 1 atom stereocenters. The summed E-state index contributed by atoms with van der Waals surface area (Å²) in [6.07, 6.45) is 3.30. The molecule has 3 rings (SSSR count). The number of thiophene rings is 1. The highest BCUT2D eigenvalue weighted by molar-refractivity contribution is 7.09. The van der Waals surface area contributed by atoms with Gasteiger partial charge in [0, 0.05) is 18.0 Å². The largest absolute Gasteiger partial charge is 0.305 e. The number of rotatable bonds is 5. The molecular weight excluding hydrogens is 305 g/mol. The SMILES string of the molecule is CN(CCc1cccs1)CC1CCc2cc(F)ccc21.Cl. The number of likely N-dealkylation sites (N-methyl/N-ethyl adjacent to an activating group) is 1. The van der Waals surface area contributed by atoms with Crippen LogP contribution in [0.5, 0.6) is 0 Å². The average Bonchev–Trinajstić information content (AvgIpc) is 3.06. The van der Waals surface area contributed by atoms with Crippen molar-refractivity contribution < 1.29 is 4.39 Å². The summed E-state index contributed by atoms with van der Waals surface area (Å²) >= 11 is 1.83. The Labute approximate surface area is 136 Å². The van der Waals surface area contributed by atoms with Gasteiger partial charge in [0.1, 0.15) is 5.82 Å². The predicted molar refractivity (Wildman–Crippen MR) is 90.2 cm³/mol. The third-order valence-corrected chi connectivity index (χ3v) is 5.10. The Kier molecular flexibility index (Phi) is 5.80. The normalized spacial score (nSPS) is 16.8. The van der Waals surface area contributed by atoms with Crippen molar-refractivity contribution in [3.8, 4) is 0 Å². The lowest BCUT2D eigenvalue weighted by atomic mass is 10.0. The Hall–Kier alpha value is -0.900. The van der Waals surface area contributed by atoms with Crippen molar-refractivity contribution in [1.29, 1.82) is 0 Å². The molecule has 0 saturated carbocycles. The molecule has 0 bridgehead atoms. The number of benzene rings is 1. The first-order valence-corrected chi connectivity index (χ1v) is 8.09. The van der Waals surface area contributed by atoms with E-state index in [0.717, 1.165) is 32.4 Å². The van der Waals surface area contributed by atoms with Gasteiger partial charge in [-0.25, -0.2) is 4.39 Å². The van der Waals surface area contributed by atoms with Gasteiger partial charge in [-0.15, -0.1) is 23.7 Å². The second-order valence-electron chi connectivity index (χ2n) is 5.67. The Morgan fingerprint density at radius 2 is 2.19 bits per heavy atom. The van der Waals surface area contributed by atoms with Gasteiger partial charge in [-0.1, -0.05) is 12.1 Å². The summed E-state index contributed by atoms with van der Waals surface area (Å²) in [5, 5.41) is 2.14. The van der Waals surface area contributed by atoms with Crippen LogP contribution in [0.4, 0.5) is 4.39 Å². The number of halogens is 2. The summed E-state index contributed by atoms with van der Waals surface area (Å²) < 4.78 is 13.2. The maximum absolute atomic E-state index is 13.2. The van der Waals surface area contributed by atoms with E-state index in [1.807, 2.05) is 17.4 Å². The Bertz CT molecular complexity index is 570. The van der Waals surface area contributed by atoms with E-state index in [9.17, 15) is 4.39 Å². The predicted octanol–water partition coefficient (Wildman–Crippen LogP) is 4.51. The Morgan fingerprint density at radius 3 is 2.95 bits per heavy atom. The summed E-state index contributed by atoms with van der Waals surface area (Å²) in [5.74, 6) is 0.467. The molecule has 1 aliphatic rings. The van der Waals surface area contributed by atoms with Crippen molar-refractivity contribution in [2.24, 2.45) is 0 Å². The van der Waals surface area contributed by atoms with E-state index in [-0.39, 0.29) is 18.2 Å². The highest BCUT2D eigenvalue weighted by Gasteiger charge is 2.23. The second kappa shape index (κ2) is 7.39. The van der Waals surface area contributed by atoms with Crippen molar-refractivity contribution in [3.63, 3.8) is 0 Å². The number of nitrogens with zero attached hydrogens (tertiary/aromatic N) is 1. The first-order chi connectivity index (χ1) is 9.72. The van der Waals surface area contributed by atoms with Crippen LogP contribution >= 0.6 is 23.7 Å². The zero-order valence-electron chi connectivity index (χ0n) is 12.2. The van der Waals surface area contributed by atoms with Gasteiger partial charge < -0.3 is 4.90 Å². The van der Waals surface area contributed by atoms with Gasteiger partial charge in [-0.2, -0.15) is 0 Å². The monoisotopic (exact) mass is 325 g/mol. The molecule has 0 amide bonds. The third-order valence-electron chi connectivity index (χ3n) is 4.16. The van der Waals surface area contributed by atoms with Gasteiger partial charge in [0.15, 0.2) is 0 Å². The van der Waals surface area contributed by atoms with E-state index in [0.29, 0.717) is 5.92 Å². The van der Waals surface area contributed by atoms with E-state index in [1.165, 1.54) is 16.0 Å². The lowest BCUT2D eigenvalue weighted by molar-refractivity contribution is 0.314. The van der Waals surface area contributed by atoms with Gasteiger partial charge in [-0.05, 0) is 66.9 Å². The van der Waals surface area contributed by atoms with Crippen LogP contribution in [0.15, 0.2) is 35.7 Å². The minimum atomic E-state index is -0.101. The average molecular weight is 326 g/mol. The maximum Gasteiger partial charge on any atom is 0.123 e. The fourth-order valence-electron chi connectivity index (χ4n) is 3.09. The van der Waals surface area contributed by atoms with Crippen LogP contribution in [0.25, 0.3) is 0 Å². The number of aryl methyl sites for hydroxylation is 1. The molecule has 4 heteroatoms. The molecule has 1 heterocycles. The molecule has 0 aliphatic heterocycles. The Morgan fingerprint density at radius 1 is 1.33 bits per heavy atom. The molecule has 0 spiro atoms. The molecular formula is C17H21ClFNS. The van der Waals surface area contributed by atoms with Gasteiger partial charge in [0.25, 0.3) is 0 Å². The molecule has 2 aromatic rings. The fourth-order valence-corrected chi connectivity index (χ4v) is 3.79. The Balaban J connectivity index is 0.00000161. The zero-order valence-corrected chi connectivity index (χ0v) is 13.9. The molecule has 0 N–H and O–H groups in total. The number of fused-ring (bicyclic) bond motifs is 1. The summed E-state index contributed by atoms with van der Waals surface area (Å²) in [4.78, 5) is 3.86. The molecule has 1 nitrogen and oxygen atoms in total. The van der Waals surface area contributed by atoms with Crippen LogP contribution in [0.2, 0.25) is 0 Å². The number of hydrogen-bond acceptors (Lipinski definition) is 2. The van der Waals surface area contributed by atoms with Crippen molar-refractivity contribution in [2.75, 3.05) is 20.1 Å². The van der Waals surface area contributed by atoms with Gasteiger partial charge >= 0.3 is 0 Å². The summed E-state index contributed by atoms with van der Waals surface area (Å²) in [6, 6.07) is 9.60. The molecule has 0 radical (unpaired) electrons. The summed E-state index contributed by atoms with van der Waals surface area (Å²) in [7, 11) is 2.19. The lowest BCUT2D eigenvalue weighted by Gasteiger charge is -2.21. The molecule has 114 valence electrons. The van der Waals surface area contributed by atoms with E-state index < -0.39 is 0 Å². The van der Waals surface area contributed by atoms with Crippen LogP contribution in [0.1, 0.15) is 28.3 Å². The van der Waals surface area contributed by atoms with Crippen LogP contribution in [0, 0.1) is 5.82 Å². The molecule has 1 unspecified atom stereocenters. The summed E-state index contributed by atoms with van der Waals surface area (Å²) in [6.45, 7) is 2.16. The first kappa shape index (κ1) is 16.5. The topological polar surface area (TPSA) is 3.24 Å². The number of hydrogen-bond donors (Lipinski definition) is 0. The first-order valence-electron chi connectivity index (χ1n) is 7.21. The quantitative estimate of drug-likeness (QED) is 0.781. The maximum atomic E-state index is 13.2. The van der Waals surface area contributed by atoms with Crippen molar-refractivity contribution in [3.05, 3.63) is 57.5 Å². The van der Waals surface area contributed by atoms with Crippen LogP contribution < -0.4 is 0 Å². The van der Waals surface area contributed by atoms with Gasteiger partial charge in [0.2, 0.25) is 0 Å². The van der Waals surface area contributed by atoms with Crippen LogP contribution in [0.3, 0.4) is 0 Å². The minimum Gasteiger partial charge on any atom is -0.305 e. The molecule has 1 aromatic heterocycles. The lowest BCUT2D eigenvalue weighted by Crippen LogP contribution is -2.26. The minimum absolute atomic E-state index is 0. The van der Waals surface area contributed by atoms with Crippen molar-refractivity contribution in [1.82, 2.24) is 4.90 Å². The molecule has 0 saturated heterocycles. The zero-order chi connectivity index (χ0) is 13.9. The van der Waals surface area contributed by atoms with Gasteiger partial charge in [-0.3, -0.25) is 0 Å². The molecule has 1 aromatic carbocycles. The molecule has 0 fully saturated rings. The standard InChI is InChI=1S/C17H20FNS.ClH/c1-19(9-8-16-3-2-10-20-16)12-14-5-4-13-11-15(18)6-7-17(13)14;/h2-3,6-7,10-11,14H,4-5,8-9,12H2,1H3;1H. The van der Waals surface area contributed by atoms with Gasteiger partial charge in [0.05, 0.1) is 0 Å².